The molecule has 0 rings (SSSR count). The third-order valence-corrected chi connectivity index (χ3v) is 2.35. The summed E-state index contributed by atoms with van der Waals surface area (Å²) < 4.78 is 0. The minimum Gasteiger partial charge on any atom is -0.480 e. The molecule has 100 valence electrons. The molecule has 0 aromatic rings. The molecular formula is C10H22N4O3. The number of nitrogens with one attached hydrogen (secondary N) is 3. The van der Waals surface area contributed by atoms with Gasteiger partial charge >= 0.3 is 5.97 Å². The Morgan fingerprint density at radius 3 is 2.65 bits per heavy atom. The van der Waals surface area contributed by atoms with Crippen LogP contribution in [-0.4, -0.2) is 47.4 Å². The van der Waals surface area contributed by atoms with Gasteiger partial charge in [-0.3, -0.25) is 10.2 Å². The Bertz CT molecular complexity index is 248. The number of carbonyl (C=O) groups is 1. The molecule has 0 saturated carbocycles. The Labute approximate surface area is 101 Å². The summed E-state index contributed by atoms with van der Waals surface area (Å²) in [6, 6.07) is -0.676. The Morgan fingerprint density at radius 1 is 1.53 bits per heavy atom. The van der Waals surface area contributed by atoms with Gasteiger partial charge in [-0.05, 0) is 19.3 Å². The van der Waals surface area contributed by atoms with Gasteiger partial charge in [0, 0.05) is 13.1 Å². The van der Waals surface area contributed by atoms with Crippen molar-refractivity contribution >= 4 is 11.9 Å². The Hall–Kier alpha value is -1.34. The molecule has 0 bridgehead atoms. The third-order valence-electron chi connectivity index (χ3n) is 2.35. The number of rotatable bonds is 9. The van der Waals surface area contributed by atoms with Gasteiger partial charge in [-0.2, -0.15) is 0 Å². The number of guanidine groups is 1. The van der Waals surface area contributed by atoms with E-state index >= 15 is 0 Å². The topological polar surface area (TPSA) is 131 Å². The van der Waals surface area contributed by atoms with Crippen LogP contribution in [0.2, 0.25) is 0 Å². The highest BCUT2D eigenvalue weighted by molar-refractivity contribution is 5.74. The zero-order valence-electron chi connectivity index (χ0n) is 10.1. The van der Waals surface area contributed by atoms with Crippen LogP contribution in [0.5, 0.6) is 0 Å². The maximum absolute atomic E-state index is 10.9. The fourth-order valence-electron chi connectivity index (χ4n) is 1.26. The van der Waals surface area contributed by atoms with Gasteiger partial charge in [0.1, 0.15) is 6.04 Å². The lowest BCUT2D eigenvalue weighted by Gasteiger charge is -2.16. The third kappa shape index (κ3) is 8.47. The van der Waals surface area contributed by atoms with E-state index in [1.807, 2.05) is 6.92 Å². The van der Waals surface area contributed by atoms with Crippen molar-refractivity contribution in [2.24, 2.45) is 5.73 Å². The quantitative estimate of drug-likeness (QED) is 0.177. The molecule has 0 heterocycles. The van der Waals surface area contributed by atoms with Gasteiger partial charge in [0.2, 0.25) is 0 Å². The summed E-state index contributed by atoms with van der Waals surface area (Å²) in [5.74, 6) is -1.05. The van der Waals surface area contributed by atoms with Gasteiger partial charge < -0.3 is 26.6 Å². The van der Waals surface area contributed by atoms with Crippen LogP contribution >= 0.6 is 0 Å². The number of nitrogens with two attached hydrogens (primary N) is 1. The molecule has 0 amide bonds. The number of aliphatic hydroxyl groups excluding tert-OH is 1. The van der Waals surface area contributed by atoms with E-state index in [0.717, 1.165) is 0 Å². The molecule has 0 fully saturated rings. The first-order valence-electron chi connectivity index (χ1n) is 5.69. The molecule has 7 N–H and O–H groups in total. The minimum atomic E-state index is -0.934. The Morgan fingerprint density at radius 2 is 2.18 bits per heavy atom. The van der Waals surface area contributed by atoms with Gasteiger partial charge in [0.25, 0.3) is 0 Å². The smallest absolute Gasteiger partial charge is 0.320 e. The van der Waals surface area contributed by atoms with Crippen molar-refractivity contribution in [3.8, 4) is 0 Å². The number of hydrogen-bond donors (Lipinski definition) is 6. The summed E-state index contributed by atoms with van der Waals surface area (Å²) in [5.41, 5.74) is 5.09. The van der Waals surface area contributed by atoms with Crippen molar-refractivity contribution in [2.75, 3.05) is 13.1 Å². The molecule has 0 aromatic carbocycles. The van der Waals surface area contributed by atoms with E-state index in [4.69, 9.17) is 16.2 Å². The standard InChI is InChI=1S/C10H22N4O3/c1-2-7(15)6-14-8(9(16)17)4-3-5-13-10(11)12/h7-8,14-15H,2-6H2,1H3,(H,16,17)(H4,11,12,13). The highest BCUT2D eigenvalue weighted by atomic mass is 16.4. The van der Waals surface area contributed by atoms with Crippen molar-refractivity contribution in [1.29, 1.82) is 5.41 Å². The number of hydrogen-bond acceptors (Lipinski definition) is 4. The van der Waals surface area contributed by atoms with Crippen LogP contribution in [0.1, 0.15) is 26.2 Å². The molecule has 2 atom stereocenters. The molecule has 2 unspecified atom stereocenters. The lowest BCUT2D eigenvalue weighted by molar-refractivity contribution is -0.139. The Kier molecular flexibility index (Phi) is 8.08. The van der Waals surface area contributed by atoms with E-state index in [2.05, 4.69) is 10.6 Å². The lowest BCUT2D eigenvalue weighted by Crippen LogP contribution is -2.41. The maximum Gasteiger partial charge on any atom is 0.320 e. The maximum atomic E-state index is 10.9. The van der Waals surface area contributed by atoms with Crippen LogP contribution in [0.15, 0.2) is 0 Å². The molecule has 17 heavy (non-hydrogen) atoms. The molecule has 7 nitrogen and oxygen atoms in total. The van der Waals surface area contributed by atoms with Gasteiger partial charge in [-0.15, -0.1) is 0 Å². The van der Waals surface area contributed by atoms with Crippen molar-refractivity contribution in [3.63, 3.8) is 0 Å². The van der Waals surface area contributed by atoms with E-state index in [1.165, 1.54) is 0 Å². The molecule has 0 spiro atoms. The zero-order chi connectivity index (χ0) is 13.3. The van der Waals surface area contributed by atoms with Gasteiger partial charge in [0.05, 0.1) is 6.10 Å². The molecule has 0 saturated heterocycles. The Balaban J connectivity index is 3.83. The molecule has 0 radical (unpaired) electrons. The molecule has 7 heteroatoms. The number of carboxylic acids is 1. The van der Waals surface area contributed by atoms with Crippen molar-refractivity contribution in [2.45, 2.75) is 38.3 Å². The van der Waals surface area contributed by atoms with Crippen LogP contribution in [0.3, 0.4) is 0 Å². The summed E-state index contributed by atoms with van der Waals surface area (Å²) in [6.07, 6.45) is 1.08. The van der Waals surface area contributed by atoms with Crippen molar-refractivity contribution in [3.05, 3.63) is 0 Å². The zero-order valence-corrected chi connectivity index (χ0v) is 10.1. The molecular weight excluding hydrogens is 224 g/mol. The number of aliphatic carboxylic acids is 1. The fourth-order valence-corrected chi connectivity index (χ4v) is 1.26. The first kappa shape index (κ1) is 15.7. The van der Waals surface area contributed by atoms with Gasteiger partial charge in [-0.1, -0.05) is 6.92 Å². The van der Waals surface area contributed by atoms with Crippen LogP contribution < -0.4 is 16.4 Å². The molecule has 0 aliphatic heterocycles. The minimum absolute atomic E-state index is 0.119. The van der Waals surface area contributed by atoms with Crippen molar-refractivity contribution in [1.82, 2.24) is 10.6 Å². The molecule has 0 aliphatic carbocycles. The van der Waals surface area contributed by atoms with E-state index in [9.17, 15) is 9.90 Å². The molecule has 0 aromatic heterocycles. The van der Waals surface area contributed by atoms with Crippen LogP contribution in [0.4, 0.5) is 0 Å². The average Bonchev–Trinajstić information content (AvgIpc) is 2.26. The lowest BCUT2D eigenvalue weighted by atomic mass is 10.1. The summed E-state index contributed by atoms with van der Waals surface area (Å²) in [6.45, 7) is 2.57. The summed E-state index contributed by atoms with van der Waals surface area (Å²) in [5, 5.41) is 30.6. The summed E-state index contributed by atoms with van der Waals surface area (Å²) >= 11 is 0. The SMILES string of the molecule is CCC(O)CNC(CCCNC(=N)N)C(=O)O. The average molecular weight is 246 g/mol. The predicted octanol–water partition coefficient (Wildman–Crippen LogP) is -0.937. The van der Waals surface area contributed by atoms with E-state index in [0.29, 0.717) is 25.8 Å². The highest BCUT2D eigenvalue weighted by Gasteiger charge is 2.17. The normalized spacial score (nSPS) is 14.0. The number of aliphatic hydroxyl groups is 1. The van der Waals surface area contributed by atoms with E-state index in [-0.39, 0.29) is 12.5 Å². The highest BCUT2D eigenvalue weighted by Crippen LogP contribution is 1.98. The monoisotopic (exact) mass is 246 g/mol. The van der Waals surface area contributed by atoms with E-state index in [1.54, 1.807) is 0 Å². The van der Waals surface area contributed by atoms with Crippen LogP contribution in [-0.2, 0) is 4.79 Å². The fraction of sp³-hybridized carbons (Fsp3) is 0.800. The van der Waals surface area contributed by atoms with Crippen LogP contribution in [0, 0.1) is 5.41 Å². The molecule has 0 aliphatic rings. The second-order valence-corrected chi connectivity index (χ2v) is 3.84. The first-order valence-corrected chi connectivity index (χ1v) is 5.69. The largest absolute Gasteiger partial charge is 0.480 e. The second kappa shape index (κ2) is 8.77. The summed E-state index contributed by atoms with van der Waals surface area (Å²) in [7, 11) is 0. The van der Waals surface area contributed by atoms with Crippen molar-refractivity contribution < 1.29 is 15.0 Å². The predicted molar refractivity (Wildman–Crippen MR) is 64.9 cm³/mol. The first-order chi connectivity index (χ1) is 7.97. The van der Waals surface area contributed by atoms with Gasteiger partial charge in [-0.25, -0.2) is 0 Å². The second-order valence-electron chi connectivity index (χ2n) is 3.84. The van der Waals surface area contributed by atoms with E-state index < -0.39 is 18.1 Å². The van der Waals surface area contributed by atoms with Crippen LogP contribution in [0.25, 0.3) is 0 Å². The number of carboxylic acid groups (broad SMARTS) is 1. The van der Waals surface area contributed by atoms with Gasteiger partial charge in [0.15, 0.2) is 5.96 Å². The summed E-state index contributed by atoms with van der Waals surface area (Å²) in [4.78, 5) is 10.9.